The first-order valence-corrected chi connectivity index (χ1v) is 6.24. The van der Waals surface area contributed by atoms with Gasteiger partial charge in [0, 0.05) is 12.6 Å². The zero-order valence-electron chi connectivity index (χ0n) is 10.6. The molecule has 0 aliphatic rings. The molecule has 0 saturated carbocycles. The summed E-state index contributed by atoms with van der Waals surface area (Å²) in [5, 5.41) is 12.5. The Labute approximate surface area is 107 Å². The zero-order chi connectivity index (χ0) is 12.8. The summed E-state index contributed by atoms with van der Waals surface area (Å²) < 4.78 is 5.52. The summed E-state index contributed by atoms with van der Waals surface area (Å²) in [6.07, 6.45) is 0.698. The van der Waals surface area contributed by atoms with Gasteiger partial charge in [-0.2, -0.15) is 0 Å². The first-order valence-electron chi connectivity index (χ1n) is 6.24. The van der Waals surface area contributed by atoms with Crippen molar-refractivity contribution < 1.29 is 9.52 Å². The van der Waals surface area contributed by atoms with Crippen LogP contribution in [0.4, 0.5) is 0 Å². The van der Waals surface area contributed by atoms with E-state index in [4.69, 9.17) is 9.52 Å². The molecule has 1 unspecified atom stereocenters. The van der Waals surface area contributed by atoms with Crippen molar-refractivity contribution in [3.8, 4) is 0 Å². The molecular weight excluding hydrogens is 226 g/mol. The van der Waals surface area contributed by atoms with Gasteiger partial charge >= 0.3 is 0 Å². The van der Waals surface area contributed by atoms with E-state index in [2.05, 4.69) is 17.4 Å². The second-order valence-electron chi connectivity index (χ2n) is 4.37. The van der Waals surface area contributed by atoms with Gasteiger partial charge in [0.25, 0.3) is 0 Å². The quantitative estimate of drug-likeness (QED) is 0.822. The fourth-order valence-electron chi connectivity index (χ4n) is 2.00. The molecule has 2 aromatic rings. The molecule has 0 bridgehead atoms. The fourth-order valence-corrected chi connectivity index (χ4v) is 2.00. The molecule has 0 aliphatic carbocycles. The van der Waals surface area contributed by atoms with E-state index in [1.807, 2.05) is 37.3 Å². The molecule has 3 nitrogen and oxygen atoms in total. The lowest BCUT2D eigenvalue weighted by molar-refractivity contribution is 0.263. The molecule has 18 heavy (non-hydrogen) atoms. The Bertz CT molecular complexity index is 464. The van der Waals surface area contributed by atoms with Crippen LogP contribution in [0.2, 0.25) is 0 Å². The number of aryl methyl sites for hydroxylation is 1. The fraction of sp³-hybridized carbons (Fsp3) is 0.333. The molecule has 1 atom stereocenters. The molecule has 2 rings (SSSR count). The molecule has 0 spiro atoms. The maximum Gasteiger partial charge on any atom is 0.117 e. The minimum atomic E-state index is 0.154. The summed E-state index contributed by atoms with van der Waals surface area (Å²) in [6.45, 7) is 2.78. The molecule has 0 aliphatic heterocycles. The van der Waals surface area contributed by atoms with E-state index in [0.29, 0.717) is 13.0 Å². The number of aliphatic hydroxyl groups is 1. The van der Waals surface area contributed by atoms with Crippen LogP contribution in [0.3, 0.4) is 0 Å². The largest absolute Gasteiger partial charge is 0.465 e. The van der Waals surface area contributed by atoms with Gasteiger partial charge in [-0.1, -0.05) is 30.3 Å². The summed E-state index contributed by atoms with van der Waals surface area (Å²) in [6, 6.07) is 14.2. The van der Waals surface area contributed by atoms with Crippen LogP contribution in [0.5, 0.6) is 0 Å². The summed E-state index contributed by atoms with van der Waals surface area (Å²) in [5.41, 5.74) is 1.19. The molecule has 2 N–H and O–H groups in total. The highest BCUT2D eigenvalue weighted by atomic mass is 16.3. The van der Waals surface area contributed by atoms with Gasteiger partial charge in [-0.15, -0.1) is 0 Å². The molecule has 0 saturated heterocycles. The highest BCUT2D eigenvalue weighted by Crippen LogP contribution is 2.17. The Morgan fingerprint density at radius 2 is 1.94 bits per heavy atom. The monoisotopic (exact) mass is 245 g/mol. The van der Waals surface area contributed by atoms with Gasteiger partial charge in [0.05, 0.1) is 6.54 Å². The molecule has 96 valence electrons. The highest BCUT2D eigenvalue weighted by Gasteiger charge is 2.10. The Morgan fingerprint density at radius 1 is 1.17 bits per heavy atom. The second kappa shape index (κ2) is 6.38. The smallest absolute Gasteiger partial charge is 0.117 e. The summed E-state index contributed by atoms with van der Waals surface area (Å²) in [5.74, 6) is 1.84. The van der Waals surface area contributed by atoms with Crippen LogP contribution in [0.25, 0.3) is 0 Å². The predicted molar refractivity (Wildman–Crippen MR) is 71.2 cm³/mol. The lowest BCUT2D eigenvalue weighted by Crippen LogP contribution is -2.21. The van der Waals surface area contributed by atoms with Crippen molar-refractivity contribution in [2.45, 2.75) is 25.9 Å². The maximum atomic E-state index is 9.14. The van der Waals surface area contributed by atoms with Gasteiger partial charge < -0.3 is 14.8 Å². The van der Waals surface area contributed by atoms with Crippen LogP contribution >= 0.6 is 0 Å². The van der Waals surface area contributed by atoms with E-state index in [1.54, 1.807) is 0 Å². The number of hydrogen-bond donors (Lipinski definition) is 2. The molecule has 1 aromatic heterocycles. The Balaban J connectivity index is 1.98. The van der Waals surface area contributed by atoms with Crippen LogP contribution in [0, 0.1) is 6.92 Å². The van der Waals surface area contributed by atoms with E-state index in [-0.39, 0.29) is 12.6 Å². The lowest BCUT2D eigenvalue weighted by atomic mass is 10.0. The number of benzene rings is 1. The van der Waals surface area contributed by atoms with Gasteiger partial charge in [0.2, 0.25) is 0 Å². The highest BCUT2D eigenvalue weighted by molar-refractivity contribution is 5.19. The van der Waals surface area contributed by atoms with E-state index < -0.39 is 0 Å². The average molecular weight is 245 g/mol. The van der Waals surface area contributed by atoms with E-state index in [9.17, 15) is 0 Å². The molecule has 1 aromatic carbocycles. The van der Waals surface area contributed by atoms with Crippen molar-refractivity contribution >= 4 is 0 Å². The SMILES string of the molecule is Cc1ccc(CNC(CCO)c2ccccc2)o1. The van der Waals surface area contributed by atoms with Crippen LogP contribution < -0.4 is 5.32 Å². The molecule has 0 fully saturated rings. The Morgan fingerprint density at radius 3 is 2.56 bits per heavy atom. The molecule has 1 heterocycles. The van der Waals surface area contributed by atoms with Gasteiger partial charge in [0.1, 0.15) is 11.5 Å². The van der Waals surface area contributed by atoms with E-state index in [1.165, 1.54) is 5.56 Å². The number of aliphatic hydroxyl groups excluding tert-OH is 1. The zero-order valence-corrected chi connectivity index (χ0v) is 10.6. The first kappa shape index (κ1) is 12.9. The third kappa shape index (κ3) is 3.45. The average Bonchev–Trinajstić information content (AvgIpc) is 2.81. The third-order valence-electron chi connectivity index (χ3n) is 2.94. The Hall–Kier alpha value is -1.58. The molecule has 0 amide bonds. The lowest BCUT2D eigenvalue weighted by Gasteiger charge is -2.17. The van der Waals surface area contributed by atoms with Crippen LogP contribution in [0.15, 0.2) is 46.9 Å². The number of nitrogens with one attached hydrogen (secondary N) is 1. The van der Waals surface area contributed by atoms with Gasteiger partial charge in [-0.05, 0) is 31.0 Å². The number of hydrogen-bond acceptors (Lipinski definition) is 3. The van der Waals surface area contributed by atoms with Gasteiger partial charge in [-0.25, -0.2) is 0 Å². The maximum absolute atomic E-state index is 9.14. The standard InChI is InChI=1S/C15H19NO2/c1-12-7-8-14(18-12)11-16-15(9-10-17)13-5-3-2-4-6-13/h2-8,15-17H,9-11H2,1H3. The number of furan rings is 1. The van der Waals surface area contributed by atoms with Crippen molar-refractivity contribution in [2.24, 2.45) is 0 Å². The Kier molecular flexibility index (Phi) is 4.56. The molecular formula is C15H19NO2. The van der Waals surface area contributed by atoms with Crippen molar-refractivity contribution in [3.05, 3.63) is 59.5 Å². The van der Waals surface area contributed by atoms with E-state index >= 15 is 0 Å². The van der Waals surface area contributed by atoms with Crippen molar-refractivity contribution in [3.63, 3.8) is 0 Å². The summed E-state index contributed by atoms with van der Waals surface area (Å²) >= 11 is 0. The summed E-state index contributed by atoms with van der Waals surface area (Å²) in [4.78, 5) is 0. The van der Waals surface area contributed by atoms with Crippen molar-refractivity contribution in [2.75, 3.05) is 6.61 Å². The minimum absolute atomic E-state index is 0.154. The van der Waals surface area contributed by atoms with Gasteiger partial charge in [0.15, 0.2) is 0 Å². The summed E-state index contributed by atoms with van der Waals surface area (Å²) in [7, 11) is 0. The predicted octanol–water partition coefficient (Wildman–Crippen LogP) is 2.80. The normalized spacial score (nSPS) is 12.6. The van der Waals surface area contributed by atoms with Crippen LogP contribution in [-0.4, -0.2) is 11.7 Å². The number of rotatable bonds is 6. The van der Waals surface area contributed by atoms with Gasteiger partial charge in [-0.3, -0.25) is 0 Å². The molecule has 3 heteroatoms. The van der Waals surface area contributed by atoms with Crippen molar-refractivity contribution in [1.29, 1.82) is 0 Å². The topological polar surface area (TPSA) is 45.4 Å². The first-order chi connectivity index (χ1) is 8.79. The van der Waals surface area contributed by atoms with E-state index in [0.717, 1.165) is 11.5 Å². The van der Waals surface area contributed by atoms with Crippen molar-refractivity contribution in [1.82, 2.24) is 5.32 Å². The van der Waals surface area contributed by atoms with Crippen LogP contribution in [-0.2, 0) is 6.54 Å². The minimum Gasteiger partial charge on any atom is -0.465 e. The second-order valence-corrected chi connectivity index (χ2v) is 4.37. The van der Waals surface area contributed by atoms with Crippen LogP contribution in [0.1, 0.15) is 29.5 Å². The molecule has 0 radical (unpaired) electrons. The third-order valence-corrected chi connectivity index (χ3v) is 2.94.